The molecule has 0 aliphatic carbocycles. The molecule has 5 atom stereocenters. The number of rotatable bonds is 7. The zero-order chi connectivity index (χ0) is 19.3. The van der Waals surface area contributed by atoms with Crippen molar-refractivity contribution in [2.75, 3.05) is 0 Å². The zero-order valence-electron chi connectivity index (χ0n) is 16.0. The molecule has 5 heteroatoms. The molecule has 1 aromatic carbocycles. The maximum absolute atomic E-state index is 12.8. The molecule has 0 spiro atoms. The van der Waals surface area contributed by atoms with Crippen LogP contribution >= 0.6 is 0 Å². The molecule has 0 bridgehead atoms. The Balaban J connectivity index is 2.07. The molecule has 1 aromatic rings. The van der Waals surface area contributed by atoms with Gasteiger partial charge in [-0.1, -0.05) is 69.7 Å². The molecule has 26 heavy (non-hydrogen) atoms. The molecule has 0 radical (unpaired) electrons. The lowest BCUT2D eigenvalue weighted by Gasteiger charge is -2.24. The van der Waals surface area contributed by atoms with Crippen LogP contribution < -0.4 is 0 Å². The van der Waals surface area contributed by atoms with Crippen molar-refractivity contribution in [1.29, 1.82) is 0 Å². The Morgan fingerprint density at radius 2 is 1.92 bits per heavy atom. The fraction of sp³-hybridized carbons (Fsp3) is 0.524. The van der Waals surface area contributed by atoms with Gasteiger partial charge in [-0.25, -0.2) is 9.69 Å². The summed E-state index contributed by atoms with van der Waals surface area (Å²) in [5.74, 6) is -0.791. The highest BCUT2D eigenvalue weighted by atomic mass is 16.6. The van der Waals surface area contributed by atoms with Gasteiger partial charge in [-0.05, 0) is 24.8 Å². The van der Waals surface area contributed by atoms with Gasteiger partial charge in [0.25, 0.3) is 0 Å². The summed E-state index contributed by atoms with van der Waals surface area (Å²) in [6, 6.07) is 8.95. The van der Waals surface area contributed by atoms with Gasteiger partial charge in [0.15, 0.2) is 0 Å². The third-order valence-corrected chi connectivity index (χ3v) is 4.92. The number of carbonyl (C=O) groups is 2. The highest BCUT2D eigenvalue weighted by Crippen LogP contribution is 2.33. The number of carbonyl (C=O) groups excluding carboxylic acids is 2. The summed E-state index contributed by atoms with van der Waals surface area (Å²) >= 11 is 0. The number of benzene rings is 1. The molecular weight excluding hydrogens is 330 g/mol. The fourth-order valence-corrected chi connectivity index (χ4v) is 3.23. The first-order valence-electron chi connectivity index (χ1n) is 9.31. The van der Waals surface area contributed by atoms with E-state index < -0.39 is 36.2 Å². The Bertz CT molecular complexity index is 643. The van der Waals surface area contributed by atoms with E-state index in [1.54, 1.807) is 19.9 Å². The highest BCUT2D eigenvalue weighted by Gasteiger charge is 2.45. The molecule has 0 unspecified atom stereocenters. The number of allylic oxidation sites excluding steroid dienone is 1. The average Bonchev–Trinajstić information content (AvgIpc) is 2.93. The molecule has 0 saturated carbocycles. The number of aliphatic hydroxyl groups excluding tert-OH is 1. The Morgan fingerprint density at radius 1 is 1.27 bits per heavy atom. The number of cyclic esters (lactones) is 1. The highest BCUT2D eigenvalue weighted by molar-refractivity contribution is 5.95. The number of amides is 2. The van der Waals surface area contributed by atoms with Gasteiger partial charge in [-0.2, -0.15) is 0 Å². The zero-order valence-corrected chi connectivity index (χ0v) is 16.0. The van der Waals surface area contributed by atoms with Crippen molar-refractivity contribution < 1.29 is 19.4 Å². The second-order valence-corrected chi connectivity index (χ2v) is 7.09. The van der Waals surface area contributed by atoms with E-state index in [1.807, 2.05) is 36.4 Å². The molecule has 0 aromatic heterocycles. The summed E-state index contributed by atoms with van der Waals surface area (Å²) in [5.41, 5.74) is 0.852. The third kappa shape index (κ3) is 4.52. The molecule has 1 fully saturated rings. The second-order valence-electron chi connectivity index (χ2n) is 7.09. The van der Waals surface area contributed by atoms with Crippen molar-refractivity contribution in [3.05, 3.63) is 48.0 Å². The van der Waals surface area contributed by atoms with Crippen LogP contribution in [-0.4, -0.2) is 34.2 Å². The SMILES string of the molecule is CCC[C@H](C)C=C[C@H](O)[C@@H](C)C(=O)N1C(=O)O[C@@H](c2ccccc2)[C@H]1C. The van der Waals surface area contributed by atoms with Gasteiger partial charge < -0.3 is 9.84 Å². The second kappa shape index (κ2) is 8.99. The Morgan fingerprint density at radius 3 is 2.54 bits per heavy atom. The van der Waals surface area contributed by atoms with Crippen LogP contribution in [0.5, 0.6) is 0 Å². The van der Waals surface area contributed by atoms with Gasteiger partial charge >= 0.3 is 6.09 Å². The monoisotopic (exact) mass is 359 g/mol. The number of hydrogen-bond donors (Lipinski definition) is 1. The number of ether oxygens (including phenoxy) is 1. The van der Waals surface area contributed by atoms with Gasteiger partial charge in [-0.15, -0.1) is 0 Å². The maximum Gasteiger partial charge on any atom is 0.417 e. The van der Waals surface area contributed by atoms with Crippen LogP contribution in [-0.2, 0) is 9.53 Å². The van der Waals surface area contributed by atoms with E-state index in [0.29, 0.717) is 5.92 Å². The van der Waals surface area contributed by atoms with E-state index in [1.165, 1.54) is 0 Å². The molecule has 1 aliphatic heterocycles. The number of hydrogen-bond acceptors (Lipinski definition) is 4. The molecule has 1 N–H and O–H groups in total. The van der Waals surface area contributed by atoms with Gasteiger partial charge in [0, 0.05) is 0 Å². The summed E-state index contributed by atoms with van der Waals surface area (Å²) in [5, 5.41) is 10.3. The maximum atomic E-state index is 12.8. The lowest BCUT2D eigenvalue weighted by atomic mass is 9.98. The first kappa shape index (κ1) is 20.2. The summed E-state index contributed by atoms with van der Waals surface area (Å²) in [4.78, 5) is 26.2. The largest absolute Gasteiger partial charge is 0.439 e. The lowest BCUT2D eigenvalue weighted by molar-refractivity contribution is -0.135. The van der Waals surface area contributed by atoms with Crippen LogP contribution in [0.15, 0.2) is 42.5 Å². The summed E-state index contributed by atoms with van der Waals surface area (Å²) in [6.45, 7) is 7.61. The van der Waals surface area contributed by atoms with Crippen LogP contribution in [0.25, 0.3) is 0 Å². The Labute approximate surface area is 155 Å². The lowest BCUT2D eigenvalue weighted by Crippen LogP contribution is -2.43. The van der Waals surface area contributed by atoms with Crippen molar-refractivity contribution in [3.63, 3.8) is 0 Å². The van der Waals surface area contributed by atoms with Crippen LogP contribution in [0.4, 0.5) is 4.79 Å². The van der Waals surface area contributed by atoms with Gasteiger partial charge in [0.05, 0.1) is 18.1 Å². The number of nitrogens with zero attached hydrogens (tertiary/aromatic N) is 1. The molecule has 142 valence electrons. The summed E-state index contributed by atoms with van der Waals surface area (Å²) in [6.07, 6.45) is 3.60. The van der Waals surface area contributed by atoms with Gasteiger partial charge in [0.2, 0.25) is 5.91 Å². The fourth-order valence-electron chi connectivity index (χ4n) is 3.23. The smallest absolute Gasteiger partial charge is 0.417 e. The van der Waals surface area contributed by atoms with Crippen LogP contribution in [0, 0.1) is 11.8 Å². The minimum absolute atomic E-state index is 0.343. The standard InChI is InChI=1S/C21H29NO4/c1-5-9-14(2)12-13-18(23)15(3)20(24)22-16(4)19(26-21(22)25)17-10-7-6-8-11-17/h6-8,10-16,18-19,23H,5,9H2,1-4H3/t14-,15+,16+,18-,19+/m0/s1. The van der Waals surface area contributed by atoms with E-state index in [0.717, 1.165) is 23.3 Å². The van der Waals surface area contributed by atoms with Gasteiger partial charge in [0.1, 0.15) is 6.10 Å². The third-order valence-electron chi connectivity index (χ3n) is 4.92. The minimum Gasteiger partial charge on any atom is -0.439 e. The molecule has 1 saturated heterocycles. The first-order chi connectivity index (χ1) is 12.4. The van der Waals surface area contributed by atoms with Crippen molar-refractivity contribution >= 4 is 12.0 Å². The molecule has 5 nitrogen and oxygen atoms in total. The Hall–Kier alpha value is -2.14. The van der Waals surface area contributed by atoms with Gasteiger partial charge in [-0.3, -0.25) is 4.79 Å². The van der Waals surface area contributed by atoms with Crippen molar-refractivity contribution in [2.45, 2.75) is 58.8 Å². The number of aliphatic hydroxyl groups is 1. The van der Waals surface area contributed by atoms with E-state index in [2.05, 4.69) is 13.8 Å². The first-order valence-corrected chi connectivity index (χ1v) is 9.31. The summed E-state index contributed by atoms with van der Waals surface area (Å²) < 4.78 is 5.42. The normalized spacial score (nSPS) is 23.7. The topological polar surface area (TPSA) is 66.8 Å². The van der Waals surface area contributed by atoms with Crippen LogP contribution in [0.3, 0.4) is 0 Å². The average molecular weight is 359 g/mol. The van der Waals surface area contributed by atoms with E-state index in [9.17, 15) is 14.7 Å². The predicted molar refractivity (Wildman–Crippen MR) is 100 cm³/mol. The van der Waals surface area contributed by atoms with Crippen LogP contribution in [0.2, 0.25) is 0 Å². The molecule has 1 heterocycles. The quantitative estimate of drug-likeness (QED) is 0.745. The molecular formula is C21H29NO4. The minimum atomic E-state index is -0.933. The van der Waals surface area contributed by atoms with E-state index in [-0.39, 0.29) is 0 Å². The van der Waals surface area contributed by atoms with Crippen molar-refractivity contribution in [2.24, 2.45) is 11.8 Å². The molecule has 2 rings (SSSR count). The predicted octanol–water partition coefficient (Wildman–Crippen LogP) is 4.08. The van der Waals surface area contributed by atoms with Crippen molar-refractivity contribution in [3.8, 4) is 0 Å². The molecule has 1 aliphatic rings. The van der Waals surface area contributed by atoms with Crippen LogP contribution in [0.1, 0.15) is 52.2 Å². The molecule has 2 amide bonds. The summed E-state index contributed by atoms with van der Waals surface area (Å²) in [7, 11) is 0. The number of imide groups is 1. The van der Waals surface area contributed by atoms with Crippen molar-refractivity contribution in [1.82, 2.24) is 4.90 Å². The Kier molecular flexibility index (Phi) is 6.98. The van der Waals surface area contributed by atoms with E-state index >= 15 is 0 Å². The van der Waals surface area contributed by atoms with E-state index in [4.69, 9.17) is 4.74 Å².